The molecule has 0 spiro atoms. The molecule has 0 aromatic rings. The van der Waals surface area contributed by atoms with Crippen LogP contribution in [0.4, 0.5) is 0 Å². The number of amides is 2. The van der Waals surface area contributed by atoms with Crippen molar-refractivity contribution in [3.8, 4) is 0 Å². The van der Waals surface area contributed by atoms with Crippen LogP contribution in [0.3, 0.4) is 0 Å². The highest BCUT2D eigenvalue weighted by atomic mass is 35.5. The Bertz CT molecular complexity index is 373. The van der Waals surface area contributed by atoms with Gasteiger partial charge in [-0.25, -0.2) is 0 Å². The van der Waals surface area contributed by atoms with E-state index < -0.39 is 0 Å². The van der Waals surface area contributed by atoms with Crippen LogP contribution in [-0.4, -0.2) is 61.9 Å². The van der Waals surface area contributed by atoms with E-state index in [0.717, 1.165) is 51.9 Å². The van der Waals surface area contributed by atoms with Crippen molar-refractivity contribution in [2.45, 2.75) is 32.6 Å². The first kappa shape index (κ1) is 18.2. The van der Waals surface area contributed by atoms with Gasteiger partial charge in [0, 0.05) is 39.6 Å². The maximum absolute atomic E-state index is 12.7. The molecule has 0 aromatic heterocycles. The SMILES string of the molecule is CN(C)C(=O)C1CCN(C(=O)C2(C)CCCNC2)CC1.Cl. The molecule has 1 unspecified atom stereocenters. The third kappa shape index (κ3) is 4.10. The van der Waals surface area contributed by atoms with Gasteiger partial charge >= 0.3 is 0 Å². The molecule has 2 fully saturated rings. The summed E-state index contributed by atoms with van der Waals surface area (Å²) in [5.41, 5.74) is -0.253. The standard InChI is InChI=1S/C15H27N3O2.ClH/c1-15(7-4-8-16-11-15)14(20)18-9-5-12(6-10-18)13(19)17(2)3;/h12,16H,4-11H2,1-3H3;1H. The van der Waals surface area contributed by atoms with Crippen molar-refractivity contribution in [2.24, 2.45) is 11.3 Å². The fourth-order valence-electron chi connectivity index (χ4n) is 3.32. The molecule has 2 saturated heterocycles. The Morgan fingerprint density at radius 1 is 1.24 bits per heavy atom. The van der Waals surface area contributed by atoms with Crippen LogP contribution in [0.25, 0.3) is 0 Å². The quantitative estimate of drug-likeness (QED) is 0.830. The molecule has 122 valence electrons. The van der Waals surface area contributed by atoms with Gasteiger partial charge in [-0.15, -0.1) is 12.4 Å². The summed E-state index contributed by atoms with van der Waals surface area (Å²) >= 11 is 0. The van der Waals surface area contributed by atoms with Gasteiger partial charge in [0.05, 0.1) is 5.41 Å². The van der Waals surface area contributed by atoms with Gasteiger partial charge in [-0.3, -0.25) is 9.59 Å². The maximum Gasteiger partial charge on any atom is 0.229 e. The fourth-order valence-corrected chi connectivity index (χ4v) is 3.32. The van der Waals surface area contributed by atoms with E-state index >= 15 is 0 Å². The van der Waals surface area contributed by atoms with Gasteiger partial charge in [0.1, 0.15) is 0 Å². The van der Waals surface area contributed by atoms with Gasteiger partial charge in [-0.2, -0.15) is 0 Å². The number of halogens is 1. The van der Waals surface area contributed by atoms with E-state index in [9.17, 15) is 9.59 Å². The Labute approximate surface area is 133 Å². The first-order valence-electron chi connectivity index (χ1n) is 7.65. The van der Waals surface area contributed by atoms with Gasteiger partial charge in [0.15, 0.2) is 0 Å². The van der Waals surface area contributed by atoms with E-state index in [1.165, 1.54) is 0 Å². The molecule has 0 saturated carbocycles. The lowest BCUT2D eigenvalue weighted by atomic mass is 9.80. The summed E-state index contributed by atoms with van der Waals surface area (Å²) in [6.45, 7) is 5.31. The summed E-state index contributed by atoms with van der Waals surface area (Å²) in [5.74, 6) is 0.550. The summed E-state index contributed by atoms with van der Waals surface area (Å²) < 4.78 is 0. The Balaban J connectivity index is 0.00000220. The van der Waals surface area contributed by atoms with Crippen LogP contribution in [0.1, 0.15) is 32.6 Å². The maximum atomic E-state index is 12.7. The van der Waals surface area contributed by atoms with Crippen LogP contribution in [0, 0.1) is 11.3 Å². The molecule has 6 heteroatoms. The number of rotatable bonds is 2. The molecule has 1 N–H and O–H groups in total. The highest BCUT2D eigenvalue weighted by Crippen LogP contribution is 2.30. The number of nitrogens with zero attached hydrogens (tertiary/aromatic N) is 2. The molecule has 2 amide bonds. The highest BCUT2D eigenvalue weighted by molar-refractivity contribution is 5.85. The molecule has 1 atom stereocenters. The zero-order valence-electron chi connectivity index (χ0n) is 13.4. The van der Waals surface area contributed by atoms with Crippen LogP contribution >= 0.6 is 12.4 Å². The molecule has 2 heterocycles. The third-order valence-corrected chi connectivity index (χ3v) is 4.69. The van der Waals surface area contributed by atoms with Crippen LogP contribution in [0.2, 0.25) is 0 Å². The van der Waals surface area contributed by atoms with E-state index in [2.05, 4.69) is 12.2 Å². The van der Waals surface area contributed by atoms with Crippen molar-refractivity contribution in [3.05, 3.63) is 0 Å². The second-order valence-corrected chi connectivity index (χ2v) is 6.64. The lowest BCUT2D eigenvalue weighted by Crippen LogP contribution is -2.52. The molecule has 0 aromatic carbocycles. The van der Waals surface area contributed by atoms with Gasteiger partial charge < -0.3 is 15.1 Å². The van der Waals surface area contributed by atoms with Crippen LogP contribution in [-0.2, 0) is 9.59 Å². The lowest BCUT2D eigenvalue weighted by molar-refractivity contribution is -0.146. The Kier molecular flexibility index (Phi) is 6.47. The molecule has 21 heavy (non-hydrogen) atoms. The monoisotopic (exact) mass is 317 g/mol. The number of hydrogen-bond donors (Lipinski definition) is 1. The Hall–Kier alpha value is -0.810. The van der Waals surface area contributed by atoms with Crippen molar-refractivity contribution >= 4 is 24.2 Å². The highest BCUT2D eigenvalue weighted by Gasteiger charge is 2.39. The van der Waals surface area contributed by atoms with Gasteiger partial charge in [-0.05, 0) is 39.2 Å². The van der Waals surface area contributed by atoms with E-state index in [1.54, 1.807) is 19.0 Å². The average Bonchev–Trinajstić information content (AvgIpc) is 2.46. The summed E-state index contributed by atoms with van der Waals surface area (Å²) in [7, 11) is 3.60. The van der Waals surface area contributed by atoms with Crippen molar-refractivity contribution < 1.29 is 9.59 Å². The summed E-state index contributed by atoms with van der Waals surface area (Å²) in [4.78, 5) is 28.3. The van der Waals surface area contributed by atoms with Gasteiger partial charge in [0.25, 0.3) is 0 Å². The van der Waals surface area contributed by atoms with Crippen LogP contribution < -0.4 is 5.32 Å². The second kappa shape index (κ2) is 7.45. The second-order valence-electron chi connectivity index (χ2n) is 6.64. The predicted octanol–water partition coefficient (Wildman–Crippen LogP) is 1.12. The smallest absolute Gasteiger partial charge is 0.229 e. The largest absolute Gasteiger partial charge is 0.349 e. The number of carbonyl (C=O) groups is 2. The fraction of sp³-hybridized carbons (Fsp3) is 0.867. The third-order valence-electron chi connectivity index (χ3n) is 4.69. The predicted molar refractivity (Wildman–Crippen MR) is 85.5 cm³/mol. The van der Waals surface area contributed by atoms with Gasteiger partial charge in [0.2, 0.25) is 11.8 Å². The Morgan fingerprint density at radius 2 is 1.86 bits per heavy atom. The number of likely N-dealkylation sites (tertiary alicyclic amines) is 1. The number of carbonyl (C=O) groups excluding carboxylic acids is 2. The van der Waals surface area contributed by atoms with Crippen molar-refractivity contribution in [1.82, 2.24) is 15.1 Å². The summed E-state index contributed by atoms with van der Waals surface area (Å²) in [6, 6.07) is 0. The van der Waals surface area contributed by atoms with E-state index in [1.807, 2.05) is 4.90 Å². The molecule has 2 aliphatic heterocycles. The number of hydrogen-bond acceptors (Lipinski definition) is 3. The minimum atomic E-state index is -0.253. The Morgan fingerprint density at radius 3 is 2.33 bits per heavy atom. The van der Waals surface area contributed by atoms with Crippen molar-refractivity contribution in [2.75, 3.05) is 40.3 Å². The normalized spacial score (nSPS) is 26.9. The van der Waals surface area contributed by atoms with Gasteiger partial charge in [-0.1, -0.05) is 0 Å². The van der Waals surface area contributed by atoms with E-state index in [4.69, 9.17) is 0 Å². The zero-order valence-corrected chi connectivity index (χ0v) is 14.2. The average molecular weight is 318 g/mol. The first-order chi connectivity index (χ1) is 9.44. The number of nitrogens with one attached hydrogen (secondary N) is 1. The molecule has 0 radical (unpaired) electrons. The van der Waals surface area contributed by atoms with E-state index in [-0.39, 0.29) is 35.6 Å². The minimum Gasteiger partial charge on any atom is -0.349 e. The van der Waals surface area contributed by atoms with Crippen LogP contribution in [0.15, 0.2) is 0 Å². The zero-order chi connectivity index (χ0) is 14.8. The molecular formula is C15H28ClN3O2. The number of piperidine rings is 2. The van der Waals surface area contributed by atoms with E-state index in [0.29, 0.717) is 0 Å². The minimum absolute atomic E-state index is 0. The molecular weight excluding hydrogens is 290 g/mol. The van der Waals surface area contributed by atoms with Crippen LogP contribution in [0.5, 0.6) is 0 Å². The van der Waals surface area contributed by atoms with Crippen molar-refractivity contribution in [3.63, 3.8) is 0 Å². The molecule has 5 nitrogen and oxygen atoms in total. The van der Waals surface area contributed by atoms with Crippen molar-refractivity contribution in [1.29, 1.82) is 0 Å². The molecule has 0 bridgehead atoms. The molecule has 0 aliphatic carbocycles. The summed E-state index contributed by atoms with van der Waals surface area (Å²) in [6.07, 6.45) is 3.63. The lowest BCUT2D eigenvalue weighted by Gasteiger charge is -2.40. The topological polar surface area (TPSA) is 52.7 Å². The summed E-state index contributed by atoms with van der Waals surface area (Å²) in [5, 5.41) is 3.33. The molecule has 2 rings (SSSR count). The first-order valence-corrected chi connectivity index (χ1v) is 7.65. The molecule has 2 aliphatic rings.